The first kappa shape index (κ1) is 7.72. The molecule has 1 fully saturated rings. The SMILES string of the molecule is O=C(CBr)OC(=O)C1CC1. The molecular weight excluding hydrogens is 200 g/mol. The summed E-state index contributed by atoms with van der Waals surface area (Å²) < 4.78 is 4.40. The average molecular weight is 207 g/mol. The van der Waals surface area contributed by atoms with Gasteiger partial charge >= 0.3 is 11.9 Å². The molecule has 3 nitrogen and oxygen atoms in total. The summed E-state index contributed by atoms with van der Waals surface area (Å²) in [5.41, 5.74) is 0. The van der Waals surface area contributed by atoms with E-state index in [0.29, 0.717) is 0 Å². The summed E-state index contributed by atoms with van der Waals surface area (Å²) in [5, 5.41) is 0.0887. The summed E-state index contributed by atoms with van der Waals surface area (Å²) in [6.45, 7) is 0. The zero-order valence-corrected chi connectivity index (χ0v) is 6.89. The van der Waals surface area contributed by atoms with E-state index in [0.717, 1.165) is 12.8 Å². The minimum Gasteiger partial charge on any atom is -0.392 e. The van der Waals surface area contributed by atoms with Gasteiger partial charge in [0.05, 0.1) is 5.92 Å². The fraction of sp³-hybridized carbons (Fsp3) is 0.667. The molecular formula is C6H7BrO3. The van der Waals surface area contributed by atoms with Crippen molar-refractivity contribution in [2.24, 2.45) is 5.92 Å². The molecule has 0 aliphatic heterocycles. The van der Waals surface area contributed by atoms with Gasteiger partial charge in [0.15, 0.2) is 0 Å². The van der Waals surface area contributed by atoms with Crippen LogP contribution in [0.3, 0.4) is 0 Å². The minimum absolute atomic E-state index is 0.00278. The van der Waals surface area contributed by atoms with Gasteiger partial charge in [0, 0.05) is 0 Å². The third-order valence-corrected chi connectivity index (χ3v) is 1.69. The molecule has 0 bridgehead atoms. The second-order valence-electron chi connectivity index (χ2n) is 2.20. The predicted molar refractivity (Wildman–Crippen MR) is 37.6 cm³/mol. The van der Waals surface area contributed by atoms with Crippen LogP contribution in [0.15, 0.2) is 0 Å². The van der Waals surface area contributed by atoms with Crippen LogP contribution in [-0.4, -0.2) is 17.3 Å². The Bertz CT molecular complexity index is 162. The third kappa shape index (κ3) is 2.10. The van der Waals surface area contributed by atoms with E-state index in [9.17, 15) is 9.59 Å². The van der Waals surface area contributed by atoms with Crippen LogP contribution in [-0.2, 0) is 14.3 Å². The molecule has 56 valence electrons. The monoisotopic (exact) mass is 206 g/mol. The molecule has 0 atom stereocenters. The highest BCUT2D eigenvalue weighted by molar-refractivity contribution is 9.09. The molecule has 0 aromatic rings. The van der Waals surface area contributed by atoms with Crippen LogP contribution in [0, 0.1) is 5.92 Å². The fourth-order valence-electron chi connectivity index (χ4n) is 0.542. The highest BCUT2D eigenvalue weighted by atomic mass is 79.9. The molecule has 0 radical (unpaired) electrons. The maximum absolute atomic E-state index is 10.7. The molecule has 1 aliphatic rings. The van der Waals surface area contributed by atoms with Crippen molar-refractivity contribution in [3.05, 3.63) is 0 Å². The van der Waals surface area contributed by atoms with Gasteiger partial charge in [0.1, 0.15) is 5.33 Å². The standard InChI is InChI=1S/C6H7BrO3/c7-3-5(8)10-6(9)4-1-2-4/h4H,1-3H2. The molecule has 0 unspecified atom stereocenters. The predicted octanol–water partition coefficient (Wildman–Crippen LogP) is 0.861. The molecule has 0 saturated heterocycles. The van der Waals surface area contributed by atoms with Gasteiger partial charge in [0.25, 0.3) is 0 Å². The Kier molecular flexibility index (Phi) is 2.43. The topological polar surface area (TPSA) is 43.4 Å². The lowest BCUT2D eigenvalue weighted by Gasteiger charge is -1.96. The highest BCUT2D eigenvalue weighted by Crippen LogP contribution is 2.30. The van der Waals surface area contributed by atoms with Gasteiger partial charge in [-0.15, -0.1) is 0 Å². The number of carbonyl (C=O) groups is 2. The van der Waals surface area contributed by atoms with Crippen LogP contribution < -0.4 is 0 Å². The van der Waals surface area contributed by atoms with Crippen molar-refractivity contribution in [2.75, 3.05) is 5.33 Å². The van der Waals surface area contributed by atoms with E-state index in [2.05, 4.69) is 20.7 Å². The number of esters is 2. The number of ether oxygens (including phenoxy) is 1. The Labute approximate surface area is 66.9 Å². The lowest BCUT2D eigenvalue weighted by atomic mass is 10.4. The Hall–Kier alpha value is -0.380. The summed E-state index contributed by atoms with van der Waals surface area (Å²) in [7, 11) is 0. The summed E-state index contributed by atoms with van der Waals surface area (Å²) >= 11 is 2.89. The van der Waals surface area contributed by atoms with Gasteiger partial charge in [-0.3, -0.25) is 9.59 Å². The van der Waals surface area contributed by atoms with Gasteiger partial charge in [-0.2, -0.15) is 0 Å². The van der Waals surface area contributed by atoms with Gasteiger partial charge < -0.3 is 4.74 Å². The first-order valence-corrected chi connectivity index (χ1v) is 4.16. The maximum Gasteiger partial charge on any atom is 0.324 e. The number of carbonyl (C=O) groups excluding carboxylic acids is 2. The molecule has 0 heterocycles. The van der Waals surface area contributed by atoms with Crippen molar-refractivity contribution >= 4 is 27.9 Å². The average Bonchev–Trinajstić information content (AvgIpc) is 2.68. The zero-order chi connectivity index (χ0) is 7.56. The second kappa shape index (κ2) is 3.14. The van der Waals surface area contributed by atoms with Crippen LogP contribution in [0.4, 0.5) is 0 Å². The van der Waals surface area contributed by atoms with Gasteiger partial charge in [0.2, 0.25) is 0 Å². The third-order valence-electron chi connectivity index (χ3n) is 1.23. The Morgan fingerprint density at radius 1 is 1.50 bits per heavy atom. The smallest absolute Gasteiger partial charge is 0.324 e. The molecule has 1 rings (SSSR count). The first-order valence-electron chi connectivity index (χ1n) is 3.04. The van der Waals surface area contributed by atoms with Crippen molar-refractivity contribution in [3.8, 4) is 0 Å². The number of hydrogen-bond acceptors (Lipinski definition) is 3. The second-order valence-corrected chi connectivity index (χ2v) is 2.76. The van der Waals surface area contributed by atoms with Crippen molar-refractivity contribution in [2.45, 2.75) is 12.8 Å². The maximum atomic E-state index is 10.7. The van der Waals surface area contributed by atoms with Gasteiger partial charge in [-0.25, -0.2) is 0 Å². The molecule has 0 aromatic heterocycles. The largest absolute Gasteiger partial charge is 0.392 e. The summed E-state index contributed by atoms with van der Waals surface area (Å²) in [5.74, 6) is -0.871. The summed E-state index contributed by atoms with van der Waals surface area (Å²) in [6.07, 6.45) is 1.74. The van der Waals surface area contributed by atoms with Crippen molar-refractivity contribution in [1.29, 1.82) is 0 Å². The van der Waals surface area contributed by atoms with Crippen LogP contribution in [0.5, 0.6) is 0 Å². The Balaban J connectivity index is 2.23. The molecule has 1 saturated carbocycles. The van der Waals surface area contributed by atoms with Crippen LogP contribution in [0.1, 0.15) is 12.8 Å². The number of halogens is 1. The lowest BCUT2D eigenvalue weighted by Crippen LogP contribution is -2.14. The normalized spacial score (nSPS) is 16.5. The summed E-state index contributed by atoms with van der Waals surface area (Å²) in [6, 6.07) is 0. The molecule has 0 aromatic carbocycles. The Morgan fingerprint density at radius 3 is 2.50 bits per heavy atom. The van der Waals surface area contributed by atoms with Gasteiger partial charge in [-0.1, -0.05) is 15.9 Å². The molecule has 1 aliphatic carbocycles. The Morgan fingerprint density at radius 2 is 2.10 bits per heavy atom. The van der Waals surface area contributed by atoms with Crippen molar-refractivity contribution in [3.63, 3.8) is 0 Å². The van der Waals surface area contributed by atoms with Crippen LogP contribution >= 0.6 is 15.9 Å². The van der Waals surface area contributed by atoms with Gasteiger partial charge in [-0.05, 0) is 12.8 Å². The van der Waals surface area contributed by atoms with Crippen LogP contribution in [0.25, 0.3) is 0 Å². The van der Waals surface area contributed by atoms with E-state index >= 15 is 0 Å². The van der Waals surface area contributed by atoms with Crippen molar-refractivity contribution < 1.29 is 14.3 Å². The number of rotatable bonds is 2. The molecule has 0 spiro atoms. The van der Waals surface area contributed by atoms with E-state index in [1.165, 1.54) is 0 Å². The van der Waals surface area contributed by atoms with Crippen molar-refractivity contribution in [1.82, 2.24) is 0 Å². The van der Waals surface area contributed by atoms with Crippen LogP contribution in [0.2, 0.25) is 0 Å². The minimum atomic E-state index is -0.503. The molecule has 10 heavy (non-hydrogen) atoms. The summed E-state index contributed by atoms with van der Waals surface area (Å²) in [4.78, 5) is 21.2. The van der Waals surface area contributed by atoms with E-state index in [1.807, 2.05) is 0 Å². The van der Waals surface area contributed by atoms with E-state index in [-0.39, 0.29) is 17.2 Å². The lowest BCUT2D eigenvalue weighted by molar-refractivity contribution is -0.158. The molecule has 0 amide bonds. The number of alkyl halides is 1. The highest BCUT2D eigenvalue weighted by Gasteiger charge is 2.32. The molecule has 0 N–H and O–H groups in total. The van der Waals surface area contributed by atoms with E-state index in [4.69, 9.17) is 0 Å². The first-order chi connectivity index (χ1) is 4.74. The molecule has 4 heteroatoms. The quantitative estimate of drug-likeness (QED) is 0.383. The van der Waals surface area contributed by atoms with E-state index < -0.39 is 5.97 Å². The zero-order valence-electron chi connectivity index (χ0n) is 5.30. The fourth-order valence-corrected chi connectivity index (χ4v) is 0.656. The number of hydrogen-bond donors (Lipinski definition) is 0. The van der Waals surface area contributed by atoms with E-state index in [1.54, 1.807) is 0 Å².